The molecular weight excluding hydrogens is 232 g/mol. The molecule has 1 heterocycles. The minimum atomic E-state index is -0.471. The smallest absolute Gasteiger partial charge is 0.340 e. The van der Waals surface area contributed by atoms with Crippen molar-refractivity contribution in [2.45, 2.75) is 6.92 Å². The van der Waals surface area contributed by atoms with Gasteiger partial charge in [0.2, 0.25) is 0 Å². The van der Waals surface area contributed by atoms with Crippen molar-refractivity contribution in [3.63, 3.8) is 0 Å². The van der Waals surface area contributed by atoms with E-state index in [0.717, 1.165) is 5.39 Å². The molecule has 0 spiro atoms. The van der Waals surface area contributed by atoms with Gasteiger partial charge in [-0.2, -0.15) is 0 Å². The van der Waals surface area contributed by atoms with E-state index in [0.29, 0.717) is 23.6 Å². The number of nitrogens with two attached hydrogens (primary N) is 1. The van der Waals surface area contributed by atoms with Gasteiger partial charge in [-0.3, -0.25) is 4.98 Å². The van der Waals surface area contributed by atoms with Crippen LogP contribution < -0.4 is 10.5 Å². The second-order valence-electron chi connectivity index (χ2n) is 3.66. The van der Waals surface area contributed by atoms with E-state index in [1.54, 1.807) is 25.3 Å². The third-order valence-electron chi connectivity index (χ3n) is 2.61. The van der Waals surface area contributed by atoms with Crippen LogP contribution >= 0.6 is 0 Å². The molecule has 1 aromatic carbocycles. The van der Waals surface area contributed by atoms with E-state index < -0.39 is 5.97 Å². The number of methoxy groups -OCH3 is 1. The lowest BCUT2D eigenvalue weighted by Crippen LogP contribution is -2.09. The minimum Gasteiger partial charge on any atom is -0.496 e. The Morgan fingerprint density at radius 3 is 2.94 bits per heavy atom. The zero-order chi connectivity index (χ0) is 13.1. The first kappa shape index (κ1) is 12.2. The maximum atomic E-state index is 11.8. The maximum absolute atomic E-state index is 11.8. The fourth-order valence-electron chi connectivity index (χ4n) is 1.78. The van der Waals surface area contributed by atoms with Gasteiger partial charge in [0.15, 0.2) is 0 Å². The molecule has 1 aromatic heterocycles. The third-order valence-corrected chi connectivity index (χ3v) is 2.61. The molecule has 2 N–H and O–H groups in total. The standard InChI is InChI=1S/C13H14N2O3/c1-3-18-13(16)9-7-10(17-2)8-5-4-6-15-12(8)11(9)14/h4-7H,3,14H2,1-2H3. The van der Waals surface area contributed by atoms with Crippen molar-refractivity contribution in [3.05, 3.63) is 30.0 Å². The highest BCUT2D eigenvalue weighted by Gasteiger charge is 2.17. The van der Waals surface area contributed by atoms with Gasteiger partial charge < -0.3 is 15.2 Å². The van der Waals surface area contributed by atoms with Gasteiger partial charge in [-0.25, -0.2) is 4.79 Å². The maximum Gasteiger partial charge on any atom is 0.340 e. The Morgan fingerprint density at radius 1 is 1.50 bits per heavy atom. The third kappa shape index (κ3) is 1.95. The molecule has 0 unspecified atom stereocenters. The number of esters is 1. The number of hydrogen-bond acceptors (Lipinski definition) is 5. The predicted molar refractivity (Wildman–Crippen MR) is 68.7 cm³/mol. The number of nitrogen functional groups attached to an aromatic ring is 1. The molecule has 0 radical (unpaired) electrons. The van der Waals surface area contributed by atoms with Crippen molar-refractivity contribution in [3.8, 4) is 5.75 Å². The molecule has 0 bridgehead atoms. The topological polar surface area (TPSA) is 74.4 Å². The number of benzene rings is 1. The molecule has 0 saturated heterocycles. The number of carbonyl (C=O) groups is 1. The van der Waals surface area contributed by atoms with Gasteiger partial charge >= 0.3 is 5.97 Å². The quantitative estimate of drug-likeness (QED) is 0.662. The van der Waals surface area contributed by atoms with Crippen molar-refractivity contribution in [2.24, 2.45) is 0 Å². The van der Waals surface area contributed by atoms with E-state index in [1.807, 2.05) is 6.07 Å². The average molecular weight is 246 g/mol. The van der Waals surface area contributed by atoms with Crippen LogP contribution in [0.2, 0.25) is 0 Å². The van der Waals surface area contributed by atoms with E-state index in [1.165, 1.54) is 7.11 Å². The first-order valence-electron chi connectivity index (χ1n) is 5.57. The second kappa shape index (κ2) is 4.91. The monoisotopic (exact) mass is 246 g/mol. The summed E-state index contributed by atoms with van der Waals surface area (Å²) in [4.78, 5) is 16.0. The number of hydrogen-bond donors (Lipinski definition) is 1. The van der Waals surface area contributed by atoms with Crippen LogP contribution in [-0.4, -0.2) is 24.7 Å². The summed E-state index contributed by atoms with van der Waals surface area (Å²) in [5.41, 5.74) is 7.08. The van der Waals surface area contributed by atoms with Crippen molar-refractivity contribution in [2.75, 3.05) is 19.5 Å². The van der Waals surface area contributed by atoms with Gasteiger partial charge in [0, 0.05) is 11.6 Å². The number of fused-ring (bicyclic) bond motifs is 1. The summed E-state index contributed by atoms with van der Waals surface area (Å²) in [5.74, 6) is 0.0798. The van der Waals surface area contributed by atoms with E-state index in [-0.39, 0.29) is 5.56 Å². The summed E-state index contributed by atoms with van der Waals surface area (Å²) in [7, 11) is 1.53. The van der Waals surface area contributed by atoms with Gasteiger partial charge in [0.25, 0.3) is 0 Å². The van der Waals surface area contributed by atoms with Gasteiger partial charge in [-0.15, -0.1) is 0 Å². The lowest BCUT2D eigenvalue weighted by molar-refractivity contribution is 0.0527. The molecule has 18 heavy (non-hydrogen) atoms. The Bertz CT molecular complexity index is 596. The lowest BCUT2D eigenvalue weighted by atomic mass is 10.1. The molecule has 2 rings (SSSR count). The molecule has 0 fully saturated rings. The summed E-state index contributed by atoms with van der Waals surface area (Å²) >= 11 is 0. The van der Waals surface area contributed by atoms with Crippen molar-refractivity contribution >= 4 is 22.6 Å². The molecule has 0 saturated carbocycles. The average Bonchev–Trinajstić information content (AvgIpc) is 2.40. The number of aromatic nitrogens is 1. The molecule has 0 atom stereocenters. The van der Waals surface area contributed by atoms with E-state index in [4.69, 9.17) is 15.2 Å². The second-order valence-corrected chi connectivity index (χ2v) is 3.66. The molecule has 0 amide bonds. The van der Waals surface area contributed by atoms with Crippen LogP contribution in [0.3, 0.4) is 0 Å². The Kier molecular flexibility index (Phi) is 3.32. The Labute approximate surface area is 105 Å². The zero-order valence-electron chi connectivity index (χ0n) is 10.3. The van der Waals surface area contributed by atoms with Crippen molar-refractivity contribution in [1.82, 2.24) is 4.98 Å². The first-order chi connectivity index (χ1) is 8.69. The van der Waals surface area contributed by atoms with E-state index in [9.17, 15) is 4.79 Å². The predicted octanol–water partition coefficient (Wildman–Crippen LogP) is 2.00. The summed E-state index contributed by atoms with van der Waals surface area (Å²) in [6.07, 6.45) is 1.62. The van der Waals surface area contributed by atoms with Crippen molar-refractivity contribution < 1.29 is 14.3 Å². The van der Waals surface area contributed by atoms with Crippen LogP contribution in [0.15, 0.2) is 24.4 Å². The SMILES string of the molecule is CCOC(=O)c1cc(OC)c2cccnc2c1N. The van der Waals surface area contributed by atoms with Crippen LogP contribution in [0.1, 0.15) is 17.3 Å². The molecular formula is C13H14N2O3. The van der Waals surface area contributed by atoms with Crippen LogP contribution in [0.25, 0.3) is 10.9 Å². The number of rotatable bonds is 3. The van der Waals surface area contributed by atoms with Gasteiger partial charge in [-0.05, 0) is 25.1 Å². The number of nitrogens with zero attached hydrogens (tertiary/aromatic N) is 1. The first-order valence-corrected chi connectivity index (χ1v) is 5.57. The largest absolute Gasteiger partial charge is 0.496 e. The summed E-state index contributed by atoms with van der Waals surface area (Å²) < 4.78 is 10.2. The Morgan fingerprint density at radius 2 is 2.28 bits per heavy atom. The molecule has 94 valence electrons. The van der Waals surface area contributed by atoms with Crippen LogP contribution in [-0.2, 0) is 4.74 Å². The molecule has 2 aromatic rings. The molecule has 5 heteroatoms. The summed E-state index contributed by atoms with van der Waals surface area (Å²) in [5, 5.41) is 0.769. The molecule has 0 aliphatic heterocycles. The van der Waals surface area contributed by atoms with E-state index in [2.05, 4.69) is 4.98 Å². The van der Waals surface area contributed by atoms with Crippen LogP contribution in [0, 0.1) is 0 Å². The highest BCUT2D eigenvalue weighted by atomic mass is 16.5. The van der Waals surface area contributed by atoms with Gasteiger partial charge in [0.1, 0.15) is 5.75 Å². The van der Waals surface area contributed by atoms with Crippen molar-refractivity contribution in [1.29, 1.82) is 0 Å². The normalized spacial score (nSPS) is 10.3. The van der Waals surface area contributed by atoms with Crippen LogP contribution in [0.4, 0.5) is 5.69 Å². The molecule has 0 aliphatic rings. The number of pyridine rings is 1. The molecule has 0 aliphatic carbocycles. The minimum absolute atomic E-state index is 0.278. The summed E-state index contributed by atoms with van der Waals surface area (Å²) in [6.45, 7) is 2.03. The Balaban J connectivity index is 2.69. The number of ether oxygens (including phenoxy) is 2. The zero-order valence-corrected chi connectivity index (χ0v) is 10.3. The van der Waals surface area contributed by atoms with Gasteiger partial charge in [-0.1, -0.05) is 0 Å². The number of carbonyl (C=O) groups excluding carboxylic acids is 1. The van der Waals surface area contributed by atoms with E-state index >= 15 is 0 Å². The summed E-state index contributed by atoms with van der Waals surface area (Å²) in [6, 6.07) is 5.21. The fraction of sp³-hybridized carbons (Fsp3) is 0.231. The van der Waals surface area contributed by atoms with Crippen LogP contribution in [0.5, 0.6) is 5.75 Å². The number of anilines is 1. The van der Waals surface area contributed by atoms with Gasteiger partial charge in [0.05, 0.1) is 30.5 Å². The fourth-order valence-corrected chi connectivity index (χ4v) is 1.78. The lowest BCUT2D eigenvalue weighted by Gasteiger charge is -2.11. The molecule has 5 nitrogen and oxygen atoms in total. The highest BCUT2D eigenvalue weighted by Crippen LogP contribution is 2.32. The highest BCUT2D eigenvalue weighted by molar-refractivity contribution is 6.06. The Hall–Kier alpha value is -2.30.